The van der Waals surface area contributed by atoms with Crippen LogP contribution in [0.1, 0.15) is 30.0 Å². The molecule has 1 N–H and O–H groups in total. The van der Waals surface area contributed by atoms with Gasteiger partial charge in [0, 0.05) is 69.8 Å². The third-order valence-electron chi connectivity index (χ3n) is 11.2. The van der Waals surface area contributed by atoms with Crippen molar-refractivity contribution in [3.63, 3.8) is 0 Å². The second-order valence-corrected chi connectivity index (χ2v) is 15.4. The van der Waals surface area contributed by atoms with Crippen LogP contribution >= 0.6 is 11.6 Å². The lowest BCUT2D eigenvalue weighted by Gasteiger charge is -2.36. The number of nitriles is 1. The minimum Gasteiger partial charge on any atom is -0.453 e. The number of benzene rings is 3. The van der Waals surface area contributed by atoms with Gasteiger partial charge in [0.15, 0.2) is 11.6 Å². The number of nitrogens with zero attached hydrogens (tertiary/aromatic N) is 7. The number of amides is 2. The molecular weight excluding hydrogens is 800 g/mol. The summed E-state index contributed by atoms with van der Waals surface area (Å²) < 4.78 is 28.5. The number of fused-ring (bicyclic) bond motifs is 1. The second kappa shape index (κ2) is 19.1. The number of piperidine rings is 1. The molecule has 1 atom stereocenters. The van der Waals surface area contributed by atoms with Crippen LogP contribution in [0, 0.1) is 11.3 Å². The summed E-state index contributed by atoms with van der Waals surface area (Å²) in [6.07, 6.45) is 4.80. The fourth-order valence-corrected chi connectivity index (χ4v) is 8.14. The fraction of sp³-hybridized carbons (Fsp3) is 0.356. The van der Waals surface area contributed by atoms with Gasteiger partial charge in [-0.05, 0) is 85.1 Å². The summed E-state index contributed by atoms with van der Waals surface area (Å²) in [5.74, 6) is 1.23. The summed E-state index contributed by atoms with van der Waals surface area (Å²) >= 11 is 6.88. The quantitative estimate of drug-likeness (QED) is 0.0929. The van der Waals surface area contributed by atoms with Crippen LogP contribution in [0.15, 0.2) is 94.4 Å². The van der Waals surface area contributed by atoms with Crippen molar-refractivity contribution >= 4 is 40.1 Å². The van der Waals surface area contributed by atoms with Gasteiger partial charge in [-0.2, -0.15) is 5.26 Å². The Balaban J connectivity index is 0.703. The summed E-state index contributed by atoms with van der Waals surface area (Å²) in [6.45, 7) is 7.41. The Morgan fingerprint density at radius 1 is 0.852 bits per heavy atom. The molecule has 0 bridgehead atoms. The SMILES string of the molecule is Cn1c(=O)n(C2CCC(=O)NC2=O)c2ccc(CCOCCOCCOCCN3CCN(c4ccc(-n5ccnc5-c5ccc(-c6ccc(C#N)cc6)o5)cc4Cl)CC3)cc21. The monoisotopic (exact) mass is 846 g/mol. The molecule has 316 valence electrons. The molecule has 0 saturated carbocycles. The Morgan fingerprint density at radius 2 is 1.59 bits per heavy atom. The molecule has 3 aromatic carbocycles. The highest BCUT2D eigenvalue weighted by atomic mass is 35.5. The molecule has 8 rings (SSSR count). The van der Waals surface area contributed by atoms with Gasteiger partial charge in [0.1, 0.15) is 11.8 Å². The van der Waals surface area contributed by atoms with Gasteiger partial charge in [0.25, 0.3) is 0 Å². The summed E-state index contributed by atoms with van der Waals surface area (Å²) in [4.78, 5) is 46.3. The molecule has 0 spiro atoms. The van der Waals surface area contributed by atoms with Gasteiger partial charge >= 0.3 is 5.69 Å². The molecule has 0 aliphatic carbocycles. The standard InChI is InChI=1S/C45H47ClN8O7/c1-50-39-28-31(4-8-37(39)54(45(50)57)38-10-13-42(55)49-44(38)56)14-22-58-24-26-60-27-25-59-23-21-51-17-19-52(20-18-51)36-9-7-34(29-35(36)46)53-16-15-48-43(53)41-12-11-40(61-41)33-5-2-32(30-47)3-6-33/h2-9,11-12,15-16,28-29,38H,10,13-14,17-27H2,1H3,(H,49,55,56). The third kappa shape index (κ3) is 9.49. The van der Waals surface area contributed by atoms with E-state index >= 15 is 0 Å². The molecule has 15 nitrogen and oxygen atoms in total. The van der Waals surface area contributed by atoms with Gasteiger partial charge in [0.2, 0.25) is 11.8 Å². The number of carbonyl (C=O) groups is 2. The zero-order chi connectivity index (χ0) is 42.3. The molecule has 16 heteroatoms. The number of hydrogen-bond acceptors (Lipinski definition) is 11. The van der Waals surface area contributed by atoms with Gasteiger partial charge < -0.3 is 23.5 Å². The van der Waals surface area contributed by atoms with Crippen molar-refractivity contribution in [1.29, 1.82) is 5.26 Å². The number of hydrogen-bond donors (Lipinski definition) is 1. The number of halogens is 1. The molecule has 2 aliphatic rings. The lowest BCUT2D eigenvalue weighted by atomic mass is 10.1. The van der Waals surface area contributed by atoms with Crippen molar-refractivity contribution in [3.05, 3.63) is 112 Å². The topological polar surface area (TPSA) is 162 Å². The zero-order valence-electron chi connectivity index (χ0n) is 33.9. The number of anilines is 1. The van der Waals surface area contributed by atoms with Crippen LogP contribution in [0.3, 0.4) is 0 Å². The lowest BCUT2D eigenvalue weighted by Crippen LogP contribution is -2.47. The maximum atomic E-state index is 13.0. The first-order valence-corrected chi connectivity index (χ1v) is 20.8. The number of nitrogens with one attached hydrogen (secondary N) is 1. The Bertz CT molecular complexity index is 2600. The zero-order valence-corrected chi connectivity index (χ0v) is 34.7. The minimum absolute atomic E-state index is 0.206. The van der Waals surface area contributed by atoms with Crippen molar-refractivity contribution in [2.45, 2.75) is 25.3 Å². The Hall–Kier alpha value is -6.02. The number of imide groups is 1. The van der Waals surface area contributed by atoms with Crippen molar-refractivity contribution in [1.82, 2.24) is 28.9 Å². The molecule has 2 aliphatic heterocycles. The summed E-state index contributed by atoms with van der Waals surface area (Å²) in [7, 11) is 1.69. The summed E-state index contributed by atoms with van der Waals surface area (Å²) in [5.41, 5.74) is 5.49. The van der Waals surface area contributed by atoms with Gasteiger partial charge in [-0.3, -0.25) is 33.5 Å². The fourth-order valence-electron chi connectivity index (χ4n) is 7.85. The number of aryl methyl sites for hydroxylation is 1. The predicted octanol–water partition coefficient (Wildman–Crippen LogP) is 5.37. The second-order valence-electron chi connectivity index (χ2n) is 15.0. The van der Waals surface area contributed by atoms with Crippen molar-refractivity contribution in [2.75, 3.05) is 77.3 Å². The highest BCUT2D eigenvalue weighted by molar-refractivity contribution is 6.33. The van der Waals surface area contributed by atoms with Crippen LogP contribution in [0.2, 0.25) is 5.02 Å². The van der Waals surface area contributed by atoms with E-state index in [2.05, 4.69) is 32.2 Å². The van der Waals surface area contributed by atoms with Crippen LogP contribution in [0.4, 0.5) is 5.69 Å². The van der Waals surface area contributed by atoms with E-state index in [0.29, 0.717) is 85.9 Å². The smallest absolute Gasteiger partial charge is 0.329 e. The first-order chi connectivity index (χ1) is 29.8. The predicted molar refractivity (Wildman–Crippen MR) is 230 cm³/mol. The highest BCUT2D eigenvalue weighted by Crippen LogP contribution is 2.33. The number of ether oxygens (including phenoxy) is 3. The summed E-state index contributed by atoms with van der Waals surface area (Å²) in [5, 5.41) is 12.1. The van der Waals surface area contributed by atoms with Crippen LogP contribution < -0.4 is 15.9 Å². The van der Waals surface area contributed by atoms with E-state index in [1.54, 1.807) is 25.4 Å². The molecule has 2 fully saturated rings. The molecule has 6 aromatic rings. The van der Waals surface area contributed by atoms with Gasteiger partial charge in [-0.25, -0.2) is 9.78 Å². The number of carbonyl (C=O) groups excluding carboxylic acids is 2. The van der Waals surface area contributed by atoms with Crippen LogP contribution in [0.25, 0.3) is 39.6 Å². The first-order valence-electron chi connectivity index (χ1n) is 20.5. The van der Waals surface area contributed by atoms with E-state index in [9.17, 15) is 14.4 Å². The molecular formula is C45H47ClN8O7. The number of aromatic nitrogens is 4. The molecule has 2 saturated heterocycles. The van der Waals surface area contributed by atoms with Crippen molar-refractivity contribution < 1.29 is 28.2 Å². The Morgan fingerprint density at radius 3 is 2.33 bits per heavy atom. The third-order valence-corrected chi connectivity index (χ3v) is 11.5. The van der Waals surface area contributed by atoms with E-state index in [0.717, 1.165) is 60.7 Å². The number of piperazine rings is 1. The number of furan rings is 1. The van der Waals surface area contributed by atoms with Crippen LogP contribution in [-0.4, -0.2) is 108 Å². The number of rotatable bonds is 17. The molecule has 61 heavy (non-hydrogen) atoms. The normalized spacial score (nSPS) is 16.0. The highest BCUT2D eigenvalue weighted by Gasteiger charge is 2.31. The Kier molecular flexibility index (Phi) is 13.1. The summed E-state index contributed by atoms with van der Waals surface area (Å²) in [6, 6.07) is 24.3. The van der Waals surface area contributed by atoms with E-state index in [-0.39, 0.29) is 18.0 Å². The maximum Gasteiger partial charge on any atom is 0.329 e. The molecule has 2 amide bonds. The average Bonchev–Trinajstić information content (AvgIpc) is 4.02. The van der Waals surface area contributed by atoms with Crippen molar-refractivity contribution in [2.24, 2.45) is 7.05 Å². The average molecular weight is 847 g/mol. The molecule has 3 aromatic heterocycles. The minimum atomic E-state index is -0.702. The first kappa shape index (κ1) is 41.7. The van der Waals surface area contributed by atoms with E-state index < -0.39 is 11.9 Å². The van der Waals surface area contributed by atoms with Crippen LogP contribution in [-0.2, 0) is 37.3 Å². The lowest BCUT2D eigenvalue weighted by molar-refractivity contribution is -0.135. The van der Waals surface area contributed by atoms with Gasteiger partial charge in [0.05, 0.1) is 73.0 Å². The molecule has 5 heterocycles. The van der Waals surface area contributed by atoms with Crippen LogP contribution in [0.5, 0.6) is 0 Å². The van der Waals surface area contributed by atoms with Gasteiger partial charge in [-0.1, -0.05) is 17.7 Å². The maximum absolute atomic E-state index is 13.0. The molecule has 1 unspecified atom stereocenters. The Labute approximate surface area is 357 Å². The van der Waals surface area contributed by atoms with E-state index in [1.165, 1.54) is 9.13 Å². The number of imidazole rings is 2. The molecule has 0 radical (unpaired) electrons. The van der Waals surface area contributed by atoms with E-state index in [1.807, 2.05) is 65.4 Å². The van der Waals surface area contributed by atoms with E-state index in [4.69, 9.17) is 35.5 Å². The van der Waals surface area contributed by atoms with Gasteiger partial charge in [-0.15, -0.1) is 0 Å². The largest absolute Gasteiger partial charge is 0.453 e. The van der Waals surface area contributed by atoms with Crippen molar-refractivity contribution in [3.8, 4) is 34.7 Å².